The van der Waals surface area contributed by atoms with Gasteiger partial charge in [0.1, 0.15) is 16.9 Å². The van der Waals surface area contributed by atoms with Gasteiger partial charge in [-0.15, -0.1) is 0 Å². The minimum Gasteiger partial charge on any atom is -0.483 e. The molecule has 4 aromatic carbocycles. The molecular formula is C51H56O9. The number of allylic oxidation sites excluding steroid dienone is 1. The van der Waals surface area contributed by atoms with E-state index < -0.39 is 41.3 Å². The van der Waals surface area contributed by atoms with Crippen LogP contribution in [0.3, 0.4) is 0 Å². The molecule has 1 aromatic heterocycles. The van der Waals surface area contributed by atoms with Crippen molar-refractivity contribution in [2.45, 2.75) is 103 Å². The Morgan fingerprint density at radius 1 is 0.833 bits per heavy atom. The van der Waals surface area contributed by atoms with Crippen LogP contribution in [0.2, 0.25) is 0 Å². The SMILES string of the molecule is COCC(CCO)c1cc2ccc3c(c2oc1=O)C1OC(=O)CC(CCc2cccc(Cc4ccccc4)c2)Cc2ccc(cc2)CCC(=C(C)C)C(=O)OC1C(C)(C)O3. The Kier molecular flexibility index (Phi) is 13.4. The zero-order valence-electron chi connectivity index (χ0n) is 35.3. The number of aryl methyl sites for hydroxylation is 2. The Hall–Kier alpha value is -5.51. The molecule has 1 N–H and O–H groups in total. The van der Waals surface area contributed by atoms with Crippen LogP contribution in [0.4, 0.5) is 0 Å². The van der Waals surface area contributed by atoms with E-state index in [2.05, 4.69) is 72.8 Å². The van der Waals surface area contributed by atoms with Gasteiger partial charge in [-0.3, -0.25) is 4.79 Å². The summed E-state index contributed by atoms with van der Waals surface area (Å²) in [5, 5.41) is 10.3. The molecule has 0 spiro atoms. The van der Waals surface area contributed by atoms with Crippen molar-refractivity contribution in [3.05, 3.63) is 158 Å². The molecule has 4 unspecified atom stereocenters. The number of aliphatic hydroxyl groups excluding tert-OH is 1. The van der Waals surface area contributed by atoms with Crippen molar-refractivity contribution in [2.24, 2.45) is 5.92 Å². The smallest absolute Gasteiger partial charge is 0.339 e. The fourth-order valence-corrected chi connectivity index (χ4v) is 8.70. The molecule has 0 amide bonds. The van der Waals surface area contributed by atoms with E-state index in [-0.39, 0.29) is 31.1 Å². The van der Waals surface area contributed by atoms with Gasteiger partial charge in [0.25, 0.3) is 0 Å². The van der Waals surface area contributed by atoms with Crippen LogP contribution in [0.1, 0.15) is 104 Å². The summed E-state index contributed by atoms with van der Waals surface area (Å²) < 4.78 is 31.0. The van der Waals surface area contributed by atoms with E-state index in [0.29, 0.717) is 53.5 Å². The largest absolute Gasteiger partial charge is 0.483 e. The third kappa shape index (κ3) is 9.91. The molecule has 0 aliphatic carbocycles. The highest BCUT2D eigenvalue weighted by Crippen LogP contribution is 2.47. The molecule has 9 nitrogen and oxygen atoms in total. The minimum atomic E-state index is -1.16. The quantitative estimate of drug-likeness (QED) is 0.0836. The third-order valence-corrected chi connectivity index (χ3v) is 11.9. The average molecular weight is 813 g/mol. The van der Waals surface area contributed by atoms with Crippen molar-refractivity contribution < 1.29 is 38.1 Å². The lowest BCUT2D eigenvalue weighted by molar-refractivity contribution is -0.188. The van der Waals surface area contributed by atoms with E-state index >= 15 is 0 Å². The summed E-state index contributed by atoms with van der Waals surface area (Å²) >= 11 is 0. The van der Waals surface area contributed by atoms with Crippen LogP contribution in [0.15, 0.2) is 117 Å². The fourth-order valence-electron chi connectivity index (χ4n) is 8.70. The lowest BCUT2D eigenvalue weighted by Crippen LogP contribution is -2.52. The highest BCUT2D eigenvalue weighted by atomic mass is 16.6. The van der Waals surface area contributed by atoms with Crippen LogP contribution < -0.4 is 10.4 Å². The summed E-state index contributed by atoms with van der Waals surface area (Å²) in [6, 6.07) is 32.8. The number of hydrogen-bond donors (Lipinski definition) is 1. The molecule has 2 bridgehead atoms. The van der Waals surface area contributed by atoms with Gasteiger partial charge < -0.3 is 28.5 Å². The molecule has 0 radical (unpaired) electrons. The maximum atomic E-state index is 14.5. The van der Waals surface area contributed by atoms with E-state index in [1.54, 1.807) is 39.2 Å². The van der Waals surface area contributed by atoms with Crippen LogP contribution in [-0.2, 0) is 49.5 Å². The predicted molar refractivity (Wildman–Crippen MR) is 231 cm³/mol. The minimum absolute atomic E-state index is 0.0723. The predicted octanol–water partition coefficient (Wildman–Crippen LogP) is 9.33. The second-order valence-electron chi connectivity index (χ2n) is 17.1. The fraction of sp³-hybridized carbons (Fsp3) is 0.392. The maximum absolute atomic E-state index is 14.5. The van der Waals surface area contributed by atoms with Gasteiger partial charge in [-0.1, -0.05) is 84.4 Å². The standard InChI is InChI=1S/C51H56O9/c1-32(2)41-22-20-33-14-16-36(17-15-33)28-38(19-18-35-12-9-13-37(27-35)26-34-10-7-6-8-11-34)29-44(53)57-47-45-43(60-51(3,4)48(47)59-49(41)54)23-21-39-30-42(50(55)58-46(39)45)40(24-25-52)31-56-5/h6-17,21,23,27,30,38,40,47-48,52H,18-20,22,24-26,28-29,31H2,1-5H3. The summed E-state index contributed by atoms with van der Waals surface area (Å²) in [5.41, 5.74) is 6.39. The van der Waals surface area contributed by atoms with Crippen molar-refractivity contribution in [2.75, 3.05) is 20.3 Å². The molecule has 3 aliphatic rings. The first-order valence-corrected chi connectivity index (χ1v) is 21.1. The highest BCUT2D eigenvalue weighted by Gasteiger charge is 2.50. The molecule has 4 heterocycles. The Labute approximate surface area is 352 Å². The van der Waals surface area contributed by atoms with E-state index in [1.165, 1.54) is 16.7 Å². The zero-order chi connectivity index (χ0) is 42.4. The van der Waals surface area contributed by atoms with Crippen molar-refractivity contribution in [3.63, 3.8) is 0 Å². The number of ether oxygens (including phenoxy) is 4. The number of carbonyl (C=O) groups excluding carboxylic acids is 2. The molecule has 3 aliphatic heterocycles. The van der Waals surface area contributed by atoms with E-state index in [0.717, 1.165) is 36.0 Å². The van der Waals surface area contributed by atoms with Gasteiger partial charge in [-0.05, 0) is 125 Å². The Morgan fingerprint density at radius 3 is 2.30 bits per heavy atom. The molecule has 4 atom stereocenters. The number of carbonyl (C=O) groups is 2. The van der Waals surface area contributed by atoms with Gasteiger partial charge in [-0.25, -0.2) is 9.59 Å². The normalized spacial score (nSPS) is 19.8. The van der Waals surface area contributed by atoms with Gasteiger partial charge in [0.15, 0.2) is 12.2 Å². The second-order valence-corrected chi connectivity index (χ2v) is 17.1. The topological polar surface area (TPSA) is 122 Å². The Balaban J connectivity index is 1.26. The van der Waals surface area contributed by atoms with Crippen LogP contribution >= 0.6 is 0 Å². The van der Waals surface area contributed by atoms with Gasteiger partial charge in [0.2, 0.25) is 0 Å². The van der Waals surface area contributed by atoms with Gasteiger partial charge >= 0.3 is 17.6 Å². The molecule has 9 heteroatoms. The number of aliphatic hydroxyl groups is 1. The van der Waals surface area contributed by atoms with E-state index in [1.807, 2.05) is 19.9 Å². The molecule has 0 saturated carbocycles. The average Bonchev–Trinajstić information content (AvgIpc) is 3.21. The summed E-state index contributed by atoms with van der Waals surface area (Å²) in [6.07, 6.45) is 2.28. The lowest BCUT2D eigenvalue weighted by Gasteiger charge is -2.43. The Morgan fingerprint density at radius 2 is 1.57 bits per heavy atom. The number of fused-ring (bicyclic) bond motifs is 13. The van der Waals surface area contributed by atoms with Crippen LogP contribution in [0.5, 0.6) is 5.75 Å². The number of hydrogen-bond acceptors (Lipinski definition) is 9. The Bertz CT molecular complexity index is 2380. The lowest BCUT2D eigenvalue weighted by atomic mass is 9.86. The number of rotatable bonds is 10. The van der Waals surface area contributed by atoms with Crippen molar-refractivity contribution >= 4 is 22.9 Å². The number of methoxy groups -OCH3 is 1. The summed E-state index contributed by atoms with van der Waals surface area (Å²) in [7, 11) is 1.54. The first-order chi connectivity index (χ1) is 28.9. The summed E-state index contributed by atoms with van der Waals surface area (Å²) in [6.45, 7) is 7.47. The van der Waals surface area contributed by atoms with Gasteiger partial charge in [0.05, 0.1) is 12.2 Å². The van der Waals surface area contributed by atoms with Crippen molar-refractivity contribution in [1.82, 2.24) is 0 Å². The number of esters is 2. The molecule has 8 rings (SSSR count). The molecule has 314 valence electrons. The molecule has 0 saturated heterocycles. The first-order valence-electron chi connectivity index (χ1n) is 21.1. The van der Waals surface area contributed by atoms with Gasteiger partial charge in [-0.2, -0.15) is 0 Å². The molecular weight excluding hydrogens is 757 g/mol. The van der Waals surface area contributed by atoms with E-state index in [4.69, 9.17) is 23.4 Å². The van der Waals surface area contributed by atoms with E-state index in [9.17, 15) is 19.5 Å². The van der Waals surface area contributed by atoms with Crippen LogP contribution in [-0.4, -0.2) is 49.1 Å². The molecule has 60 heavy (non-hydrogen) atoms. The number of benzene rings is 4. The third-order valence-electron chi connectivity index (χ3n) is 11.9. The summed E-state index contributed by atoms with van der Waals surface area (Å²) in [5.74, 6) is -1.09. The molecule has 0 fully saturated rings. The van der Waals surface area contributed by atoms with Crippen LogP contribution in [0, 0.1) is 5.92 Å². The second kappa shape index (κ2) is 18.8. The van der Waals surface area contributed by atoms with Crippen molar-refractivity contribution in [3.8, 4) is 5.75 Å². The van der Waals surface area contributed by atoms with Gasteiger partial charge in [0, 0.05) is 42.6 Å². The highest BCUT2D eigenvalue weighted by molar-refractivity contribution is 5.90. The maximum Gasteiger partial charge on any atom is 0.339 e. The monoisotopic (exact) mass is 812 g/mol. The molecule has 5 aromatic rings. The van der Waals surface area contributed by atoms with Crippen LogP contribution in [0.25, 0.3) is 11.0 Å². The zero-order valence-corrected chi connectivity index (χ0v) is 35.3. The summed E-state index contributed by atoms with van der Waals surface area (Å²) in [4.78, 5) is 42.4. The van der Waals surface area contributed by atoms with Crippen molar-refractivity contribution in [1.29, 1.82) is 0 Å². The first kappa shape index (κ1) is 42.6.